The molecule has 3 rings (SSSR count). The van der Waals surface area contributed by atoms with Gasteiger partial charge in [0.05, 0.1) is 7.11 Å². The van der Waals surface area contributed by atoms with Crippen molar-refractivity contribution in [1.82, 2.24) is 10.2 Å². The molecule has 3 aromatic rings. The lowest BCUT2D eigenvalue weighted by Crippen LogP contribution is -2.55. The van der Waals surface area contributed by atoms with Crippen molar-refractivity contribution in [3.8, 4) is 17.2 Å². The first-order chi connectivity index (χ1) is 22.1. The zero-order valence-corrected chi connectivity index (χ0v) is 28.7. The maximum absolute atomic E-state index is 14.9. The molecule has 0 heterocycles. The van der Waals surface area contributed by atoms with Gasteiger partial charge in [-0.1, -0.05) is 32.0 Å². The summed E-state index contributed by atoms with van der Waals surface area (Å²) in [6.07, 6.45) is 0.677. The number of anilines is 1. The number of aryl methyl sites for hydroxylation is 1. The number of benzene rings is 3. The third-order valence-electron chi connectivity index (χ3n) is 7.68. The molecule has 0 spiro atoms. The van der Waals surface area contributed by atoms with Gasteiger partial charge in [0, 0.05) is 18.2 Å². The number of nitrogens with zero attached hydrogens (tertiary/aromatic N) is 1. The van der Waals surface area contributed by atoms with Crippen molar-refractivity contribution in [3.05, 3.63) is 83.4 Å². The number of aromatic hydroxyl groups is 2. The molecule has 0 aliphatic rings. The molecule has 3 atom stereocenters. The van der Waals surface area contributed by atoms with E-state index in [2.05, 4.69) is 24.5 Å². The van der Waals surface area contributed by atoms with Crippen LogP contribution in [0.15, 0.2) is 66.7 Å². The monoisotopic (exact) mass is 647 g/mol. The Hall–Kier alpha value is -4.73. The van der Waals surface area contributed by atoms with Crippen molar-refractivity contribution in [2.24, 2.45) is 5.92 Å². The molecular weight excluding hydrogens is 598 g/mol. The molecule has 254 valence electrons. The molecule has 0 aromatic heterocycles. The summed E-state index contributed by atoms with van der Waals surface area (Å²) in [7, 11) is 1.55. The van der Waals surface area contributed by atoms with Crippen LogP contribution in [-0.4, -0.2) is 57.8 Å². The van der Waals surface area contributed by atoms with Crippen molar-refractivity contribution in [2.75, 3.05) is 12.4 Å². The summed E-state index contributed by atoms with van der Waals surface area (Å²) in [5.41, 5.74) is 1.42. The fraction of sp³-hybridized carbons (Fsp3) is 0.432. The second-order valence-corrected chi connectivity index (χ2v) is 13.3. The zero-order valence-electron chi connectivity index (χ0n) is 28.7. The molecular formula is C37H49N3O7. The highest BCUT2D eigenvalue weighted by atomic mass is 16.6. The van der Waals surface area contributed by atoms with Gasteiger partial charge < -0.3 is 35.2 Å². The standard InChI is InChI=1S/C37H49N3O7/c1-23(2)9-10-25(4)40(35(44)31(39-36(45)47-37(5,6)7)22-26-11-16-29(41)17-12-26)33(27-13-20-32(42)24(3)21-27)34(43)38-28-14-18-30(46-8)19-15-28/h11-21,23,25,31,33,41-42H,9-10,22H2,1-8H3,(H,38,43)(H,39,45). The van der Waals surface area contributed by atoms with E-state index < -0.39 is 41.6 Å². The summed E-state index contributed by atoms with van der Waals surface area (Å²) in [4.78, 5) is 43.9. The second kappa shape index (κ2) is 16.2. The van der Waals surface area contributed by atoms with Crippen LogP contribution in [-0.2, 0) is 20.7 Å². The number of nitrogens with one attached hydrogen (secondary N) is 2. The minimum absolute atomic E-state index is 0.0607. The first-order valence-electron chi connectivity index (χ1n) is 15.9. The summed E-state index contributed by atoms with van der Waals surface area (Å²) < 4.78 is 10.8. The molecule has 0 fully saturated rings. The van der Waals surface area contributed by atoms with E-state index in [0.29, 0.717) is 40.5 Å². The van der Waals surface area contributed by atoms with Crippen molar-refractivity contribution in [1.29, 1.82) is 0 Å². The van der Waals surface area contributed by atoms with Gasteiger partial charge in [0.25, 0.3) is 5.91 Å². The molecule has 10 heteroatoms. The summed E-state index contributed by atoms with van der Waals surface area (Å²) >= 11 is 0. The van der Waals surface area contributed by atoms with E-state index in [0.717, 1.165) is 6.42 Å². The van der Waals surface area contributed by atoms with E-state index in [1.807, 2.05) is 6.92 Å². The van der Waals surface area contributed by atoms with Crippen molar-refractivity contribution in [3.63, 3.8) is 0 Å². The molecule has 0 bridgehead atoms. The number of carbonyl (C=O) groups is 3. The van der Waals surface area contributed by atoms with Crippen molar-refractivity contribution < 1.29 is 34.1 Å². The smallest absolute Gasteiger partial charge is 0.408 e. The number of phenolic OH excluding ortho intramolecular Hbond substituents is 2. The van der Waals surface area contributed by atoms with E-state index in [4.69, 9.17) is 9.47 Å². The Kier molecular flexibility index (Phi) is 12.7. The van der Waals surface area contributed by atoms with Gasteiger partial charge in [-0.25, -0.2) is 4.79 Å². The van der Waals surface area contributed by atoms with Gasteiger partial charge in [-0.2, -0.15) is 0 Å². The third kappa shape index (κ3) is 10.9. The number of phenols is 2. The first-order valence-corrected chi connectivity index (χ1v) is 15.9. The lowest BCUT2D eigenvalue weighted by atomic mass is 9.95. The van der Waals surface area contributed by atoms with Gasteiger partial charge in [0.1, 0.15) is 34.9 Å². The van der Waals surface area contributed by atoms with Crippen LogP contribution >= 0.6 is 0 Å². The fourth-order valence-corrected chi connectivity index (χ4v) is 5.18. The molecule has 3 aromatic carbocycles. The van der Waals surface area contributed by atoms with E-state index in [9.17, 15) is 24.6 Å². The number of carbonyl (C=O) groups excluding carboxylic acids is 3. The summed E-state index contributed by atoms with van der Waals surface area (Å²) in [6, 6.07) is 15.4. The Labute approximate surface area is 278 Å². The maximum Gasteiger partial charge on any atom is 0.408 e. The van der Waals surface area contributed by atoms with Gasteiger partial charge in [-0.3, -0.25) is 9.59 Å². The Morgan fingerprint density at radius 2 is 1.53 bits per heavy atom. The largest absolute Gasteiger partial charge is 0.508 e. The fourth-order valence-electron chi connectivity index (χ4n) is 5.18. The average Bonchev–Trinajstić information content (AvgIpc) is 3.00. The average molecular weight is 648 g/mol. The minimum atomic E-state index is -1.13. The minimum Gasteiger partial charge on any atom is -0.508 e. The highest BCUT2D eigenvalue weighted by Gasteiger charge is 2.39. The lowest BCUT2D eigenvalue weighted by Gasteiger charge is -2.39. The van der Waals surface area contributed by atoms with E-state index in [-0.39, 0.29) is 17.9 Å². The SMILES string of the molecule is COc1ccc(NC(=O)C(c2ccc(O)c(C)c2)N(C(=O)C(Cc2ccc(O)cc2)NC(=O)OC(C)(C)C)C(C)CCC(C)C)cc1. The Bertz CT molecular complexity index is 1500. The predicted octanol–water partition coefficient (Wildman–Crippen LogP) is 6.88. The Morgan fingerprint density at radius 1 is 0.894 bits per heavy atom. The topological polar surface area (TPSA) is 137 Å². The highest BCUT2D eigenvalue weighted by Crippen LogP contribution is 2.32. The van der Waals surface area contributed by atoms with Crippen LogP contribution < -0.4 is 15.4 Å². The molecule has 4 N–H and O–H groups in total. The molecule has 0 aliphatic carbocycles. The van der Waals surface area contributed by atoms with Crippen molar-refractivity contribution in [2.45, 2.75) is 91.5 Å². The summed E-state index contributed by atoms with van der Waals surface area (Å²) in [5, 5.41) is 25.9. The van der Waals surface area contributed by atoms with Gasteiger partial charge in [-0.15, -0.1) is 0 Å². The summed E-state index contributed by atoms with van der Waals surface area (Å²) in [6.45, 7) is 13.0. The molecule has 3 amide bonds. The van der Waals surface area contributed by atoms with Gasteiger partial charge in [0.2, 0.25) is 5.91 Å². The number of amides is 3. The molecule has 10 nitrogen and oxygen atoms in total. The van der Waals surface area contributed by atoms with Crippen LogP contribution in [0.4, 0.5) is 10.5 Å². The van der Waals surface area contributed by atoms with Crippen LogP contribution in [0.5, 0.6) is 17.2 Å². The number of hydrogen-bond donors (Lipinski definition) is 4. The van der Waals surface area contributed by atoms with Crippen LogP contribution in [0.3, 0.4) is 0 Å². The normalized spacial score (nSPS) is 13.3. The quantitative estimate of drug-likeness (QED) is 0.159. The van der Waals surface area contributed by atoms with E-state index in [1.165, 1.54) is 23.1 Å². The van der Waals surface area contributed by atoms with Crippen LogP contribution in [0.2, 0.25) is 0 Å². The van der Waals surface area contributed by atoms with E-state index >= 15 is 0 Å². The number of alkyl carbamates (subject to hydrolysis) is 1. The molecule has 3 unspecified atom stereocenters. The first kappa shape index (κ1) is 36.7. The molecule has 0 saturated heterocycles. The molecule has 0 radical (unpaired) electrons. The Morgan fingerprint density at radius 3 is 2.09 bits per heavy atom. The number of ether oxygens (including phenoxy) is 2. The number of methoxy groups -OCH3 is 1. The molecule has 47 heavy (non-hydrogen) atoms. The van der Waals surface area contributed by atoms with Crippen LogP contribution in [0.1, 0.15) is 77.1 Å². The van der Waals surface area contributed by atoms with Crippen LogP contribution in [0.25, 0.3) is 0 Å². The maximum atomic E-state index is 14.9. The molecule has 0 aliphatic heterocycles. The predicted molar refractivity (Wildman–Crippen MR) is 183 cm³/mol. The summed E-state index contributed by atoms with van der Waals surface area (Å²) in [5.74, 6) is 0.137. The lowest BCUT2D eigenvalue weighted by molar-refractivity contribution is -0.143. The van der Waals surface area contributed by atoms with Gasteiger partial charge in [-0.05, 0) is 119 Å². The van der Waals surface area contributed by atoms with E-state index in [1.54, 1.807) is 83.3 Å². The highest BCUT2D eigenvalue weighted by molar-refractivity contribution is 5.99. The Balaban J connectivity index is 2.15. The third-order valence-corrected chi connectivity index (χ3v) is 7.68. The second-order valence-electron chi connectivity index (χ2n) is 13.3. The number of rotatable bonds is 13. The zero-order chi connectivity index (χ0) is 34.9. The van der Waals surface area contributed by atoms with Gasteiger partial charge >= 0.3 is 6.09 Å². The van der Waals surface area contributed by atoms with Crippen molar-refractivity contribution >= 4 is 23.6 Å². The van der Waals surface area contributed by atoms with Crippen LogP contribution in [0, 0.1) is 12.8 Å². The van der Waals surface area contributed by atoms with Gasteiger partial charge in [0.15, 0.2) is 0 Å². The number of hydrogen-bond acceptors (Lipinski definition) is 7. The molecule has 0 saturated carbocycles.